The number of hydrogen-bond donors (Lipinski definition) is 2. The quantitative estimate of drug-likeness (QED) is 0.830. The lowest BCUT2D eigenvalue weighted by molar-refractivity contribution is -0.274. The monoisotopic (exact) mass is 369 g/mol. The number of anilines is 2. The summed E-state index contributed by atoms with van der Waals surface area (Å²) in [6.45, 7) is -0.114. The Morgan fingerprint density at radius 2 is 1.80 bits per heavy atom. The van der Waals surface area contributed by atoms with Gasteiger partial charge in [0.2, 0.25) is 5.91 Å². The number of hydrogen-bond acceptors (Lipinski definition) is 4. The van der Waals surface area contributed by atoms with E-state index in [0.29, 0.717) is 16.9 Å². The van der Waals surface area contributed by atoms with Crippen LogP contribution in [0.3, 0.4) is 0 Å². The third-order valence-corrected chi connectivity index (χ3v) is 3.23. The molecule has 0 atom stereocenters. The summed E-state index contributed by atoms with van der Waals surface area (Å²) in [5.74, 6) is -0.744. The van der Waals surface area contributed by atoms with Gasteiger partial charge >= 0.3 is 6.36 Å². The van der Waals surface area contributed by atoms with Crippen LogP contribution >= 0.6 is 11.6 Å². The number of benzene rings is 2. The third kappa shape index (κ3) is 5.90. The van der Waals surface area contributed by atoms with Crippen LogP contribution in [0.4, 0.5) is 24.5 Å². The molecule has 0 aliphatic heterocycles. The molecule has 0 radical (unpaired) electrons. The molecule has 1 amide bonds. The molecular weight excluding hydrogens is 359 g/mol. The Morgan fingerprint density at radius 3 is 2.36 bits per heavy atom. The zero-order valence-electron chi connectivity index (χ0n) is 12.5. The van der Waals surface area contributed by atoms with Crippen LogP contribution in [-0.2, 0) is 4.79 Å². The van der Waals surface area contributed by atoms with Crippen LogP contribution in [0.1, 0.15) is 5.56 Å². The van der Waals surface area contributed by atoms with Gasteiger partial charge in [-0.3, -0.25) is 4.79 Å². The molecule has 2 aromatic carbocycles. The number of nitriles is 1. The number of nitrogens with one attached hydrogen (secondary N) is 2. The number of amides is 1. The second kappa shape index (κ2) is 7.77. The van der Waals surface area contributed by atoms with Gasteiger partial charge in [-0.05, 0) is 42.5 Å². The van der Waals surface area contributed by atoms with Gasteiger partial charge in [0.05, 0.1) is 17.1 Å². The number of carbonyl (C=O) groups is 1. The summed E-state index contributed by atoms with van der Waals surface area (Å²) in [7, 11) is 0. The van der Waals surface area contributed by atoms with E-state index in [4.69, 9.17) is 16.9 Å². The molecule has 0 aromatic heterocycles. The van der Waals surface area contributed by atoms with Gasteiger partial charge in [-0.1, -0.05) is 11.6 Å². The van der Waals surface area contributed by atoms with Crippen molar-refractivity contribution in [2.24, 2.45) is 0 Å². The van der Waals surface area contributed by atoms with Crippen LogP contribution in [0.25, 0.3) is 0 Å². The van der Waals surface area contributed by atoms with E-state index in [1.54, 1.807) is 0 Å². The van der Waals surface area contributed by atoms with Crippen molar-refractivity contribution in [3.8, 4) is 11.8 Å². The van der Waals surface area contributed by atoms with Gasteiger partial charge in [0, 0.05) is 11.4 Å². The zero-order chi connectivity index (χ0) is 18.4. The van der Waals surface area contributed by atoms with E-state index in [-0.39, 0.29) is 17.3 Å². The van der Waals surface area contributed by atoms with Gasteiger partial charge in [0.1, 0.15) is 11.8 Å². The van der Waals surface area contributed by atoms with Gasteiger partial charge in [0.15, 0.2) is 0 Å². The second-order valence-corrected chi connectivity index (χ2v) is 5.19. The Labute approximate surface area is 146 Å². The van der Waals surface area contributed by atoms with E-state index in [2.05, 4.69) is 15.4 Å². The van der Waals surface area contributed by atoms with Crippen molar-refractivity contribution < 1.29 is 22.7 Å². The summed E-state index contributed by atoms with van der Waals surface area (Å²) in [5, 5.41) is 14.3. The van der Waals surface area contributed by atoms with E-state index in [1.807, 2.05) is 6.07 Å². The van der Waals surface area contributed by atoms with Crippen molar-refractivity contribution in [3.63, 3.8) is 0 Å². The topological polar surface area (TPSA) is 74.2 Å². The molecule has 5 nitrogen and oxygen atoms in total. The van der Waals surface area contributed by atoms with Crippen LogP contribution in [0, 0.1) is 11.3 Å². The molecule has 0 saturated carbocycles. The van der Waals surface area contributed by atoms with Crippen molar-refractivity contribution in [2.75, 3.05) is 17.2 Å². The Kier molecular flexibility index (Phi) is 5.72. The fourth-order valence-electron chi connectivity index (χ4n) is 1.85. The van der Waals surface area contributed by atoms with Gasteiger partial charge in [-0.15, -0.1) is 13.2 Å². The molecule has 0 unspecified atom stereocenters. The first-order chi connectivity index (χ1) is 11.8. The smallest absolute Gasteiger partial charge is 0.406 e. The molecular formula is C16H11ClF3N3O2. The van der Waals surface area contributed by atoms with Crippen LogP contribution in [0.15, 0.2) is 42.5 Å². The minimum Gasteiger partial charge on any atom is -0.406 e. The Morgan fingerprint density at radius 1 is 1.16 bits per heavy atom. The number of halogens is 4. The lowest BCUT2D eigenvalue weighted by atomic mass is 10.2. The lowest BCUT2D eigenvalue weighted by Crippen LogP contribution is -2.21. The average molecular weight is 370 g/mol. The maximum absolute atomic E-state index is 12.1. The first-order valence-electron chi connectivity index (χ1n) is 6.86. The number of nitrogens with zero attached hydrogens (tertiary/aromatic N) is 1. The van der Waals surface area contributed by atoms with Crippen molar-refractivity contribution in [2.45, 2.75) is 6.36 Å². The number of ether oxygens (including phenoxy) is 1. The van der Waals surface area contributed by atoms with Crippen molar-refractivity contribution in [3.05, 3.63) is 53.1 Å². The standard InChI is InChI=1S/C16H11ClF3N3O2/c17-14-7-12(2-1-10(14)8-21)23-15(24)9-22-11-3-5-13(6-4-11)25-16(18,19)20/h1-7,22H,9H2,(H,23,24). The van der Waals surface area contributed by atoms with E-state index in [1.165, 1.54) is 30.3 Å². The molecule has 2 aromatic rings. The Hall–Kier alpha value is -2.92. The van der Waals surface area contributed by atoms with Crippen molar-refractivity contribution in [1.82, 2.24) is 0 Å². The third-order valence-electron chi connectivity index (χ3n) is 2.91. The molecule has 0 aliphatic rings. The van der Waals surface area contributed by atoms with E-state index in [9.17, 15) is 18.0 Å². The summed E-state index contributed by atoms with van der Waals surface area (Å²) in [5.41, 5.74) is 1.16. The maximum Gasteiger partial charge on any atom is 0.573 e. The Bertz CT molecular complexity index is 802. The minimum absolute atomic E-state index is 0.114. The molecule has 9 heteroatoms. The van der Waals surface area contributed by atoms with E-state index >= 15 is 0 Å². The van der Waals surface area contributed by atoms with Gasteiger partial charge in [-0.25, -0.2) is 0 Å². The molecule has 0 heterocycles. The average Bonchev–Trinajstić information content (AvgIpc) is 2.53. The number of rotatable bonds is 5. The summed E-state index contributed by atoms with van der Waals surface area (Å²) >= 11 is 5.87. The van der Waals surface area contributed by atoms with Crippen molar-refractivity contribution >= 4 is 28.9 Å². The highest BCUT2D eigenvalue weighted by Gasteiger charge is 2.30. The SMILES string of the molecule is N#Cc1ccc(NC(=O)CNc2ccc(OC(F)(F)F)cc2)cc1Cl. The summed E-state index contributed by atoms with van der Waals surface area (Å²) in [4.78, 5) is 11.9. The first-order valence-corrected chi connectivity index (χ1v) is 7.24. The van der Waals surface area contributed by atoms with Crippen LogP contribution in [0.5, 0.6) is 5.75 Å². The number of alkyl halides is 3. The minimum atomic E-state index is -4.75. The largest absolute Gasteiger partial charge is 0.573 e. The molecule has 2 N–H and O–H groups in total. The molecule has 0 bridgehead atoms. The molecule has 130 valence electrons. The fourth-order valence-corrected chi connectivity index (χ4v) is 2.07. The van der Waals surface area contributed by atoms with E-state index in [0.717, 1.165) is 12.1 Å². The molecule has 0 fully saturated rings. The predicted octanol–water partition coefficient (Wildman–Crippen LogP) is 4.16. The molecule has 0 aliphatic carbocycles. The summed E-state index contributed by atoms with van der Waals surface area (Å²) in [6, 6.07) is 11.3. The maximum atomic E-state index is 12.1. The summed E-state index contributed by atoms with van der Waals surface area (Å²) < 4.78 is 39.9. The first kappa shape index (κ1) is 18.4. The predicted molar refractivity (Wildman–Crippen MR) is 86.4 cm³/mol. The second-order valence-electron chi connectivity index (χ2n) is 4.78. The highest BCUT2D eigenvalue weighted by atomic mass is 35.5. The van der Waals surface area contributed by atoms with Crippen LogP contribution in [-0.4, -0.2) is 18.8 Å². The number of carbonyl (C=O) groups excluding carboxylic acids is 1. The normalized spacial score (nSPS) is 10.7. The lowest BCUT2D eigenvalue weighted by Gasteiger charge is -2.11. The van der Waals surface area contributed by atoms with Crippen LogP contribution < -0.4 is 15.4 Å². The van der Waals surface area contributed by atoms with E-state index < -0.39 is 12.3 Å². The van der Waals surface area contributed by atoms with Crippen molar-refractivity contribution in [1.29, 1.82) is 5.26 Å². The molecule has 0 spiro atoms. The molecule has 2 rings (SSSR count). The van der Waals surface area contributed by atoms with Gasteiger partial charge in [0.25, 0.3) is 0 Å². The molecule has 25 heavy (non-hydrogen) atoms. The fraction of sp³-hybridized carbons (Fsp3) is 0.125. The highest BCUT2D eigenvalue weighted by molar-refractivity contribution is 6.32. The van der Waals surface area contributed by atoms with Gasteiger partial charge in [-0.2, -0.15) is 5.26 Å². The zero-order valence-corrected chi connectivity index (χ0v) is 13.3. The molecule has 0 saturated heterocycles. The van der Waals surface area contributed by atoms with Crippen LogP contribution in [0.2, 0.25) is 5.02 Å². The highest BCUT2D eigenvalue weighted by Crippen LogP contribution is 2.24. The Balaban J connectivity index is 1.87. The summed E-state index contributed by atoms with van der Waals surface area (Å²) in [6.07, 6.45) is -4.75. The van der Waals surface area contributed by atoms with Gasteiger partial charge < -0.3 is 15.4 Å².